The van der Waals surface area contributed by atoms with Crippen molar-refractivity contribution in [2.45, 2.75) is 43.9 Å². The van der Waals surface area contributed by atoms with Gasteiger partial charge in [-0.2, -0.15) is 0 Å². The van der Waals surface area contributed by atoms with Crippen LogP contribution >= 0.6 is 0 Å². The van der Waals surface area contributed by atoms with Gasteiger partial charge in [-0.05, 0) is 37.3 Å². The third kappa shape index (κ3) is 5.37. The maximum Gasteiger partial charge on any atom is 0.573 e. The summed E-state index contributed by atoms with van der Waals surface area (Å²) in [6.07, 6.45) is -4.24. The average molecular weight is 538 g/mol. The summed E-state index contributed by atoms with van der Waals surface area (Å²) in [6, 6.07) is 7.97. The first-order valence-electron chi connectivity index (χ1n) is 11.3. The molecular weight excluding hydrogens is 513 g/mol. The van der Waals surface area contributed by atoms with Crippen LogP contribution in [0, 0.1) is 10.1 Å². The molecule has 0 radical (unpaired) electrons. The number of nitro benzene ring substituents is 1. The molecule has 1 aromatic heterocycles. The Balaban J connectivity index is 1.87. The van der Waals surface area contributed by atoms with Crippen LogP contribution in [0.4, 0.5) is 24.5 Å². The second kappa shape index (κ2) is 10.5. The second-order valence-electron chi connectivity index (χ2n) is 8.66. The molecule has 2 heterocycles. The number of anilines is 1. The fourth-order valence-electron chi connectivity index (χ4n) is 4.58. The van der Waals surface area contributed by atoms with E-state index in [-0.39, 0.29) is 23.5 Å². The van der Waals surface area contributed by atoms with Gasteiger partial charge in [0.15, 0.2) is 11.9 Å². The van der Waals surface area contributed by atoms with Crippen molar-refractivity contribution in [1.82, 2.24) is 9.97 Å². The Kier molecular flexibility index (Phi) is 7.49. The summed E-state index contributed by atoms with van der Waals surface area (Å²) in [4.78, 5) is 19.8. The van der Waals surface area contributed by atoms with E-state index in [0.717, 1.165) is 12.1 Å². The smallest absolute Gasteiger partial charge is 0.479 e. The van der Waals surface area contributed by atoms with Crippen LogP contribution in [0.1, 0.15) is 24.4 Å². The first kappa shape index (κ1) is 27.2. The number of H-pyrrole nitrogens is 1. The SMILES string of the molecule is COC(OC)[C@]1(C)Oc2ccc([N+](=O)[O-])cc2[C@@H](N(Cc2ncc[nH]2)c2ccc(OC(F)(F)F)cc2)[C@@H]1O. The number of aromatic nitrogens is 2. The molecule has 0 unspecified atom stereocenters. The highest BCUT2D eigenvalue weighted by Crippen LogP contribution is 2.47. The quantitative estimate of drug-likeness (QED) is 0.235. The van der Waals surface area contributed by atoms with E-state index >= 15 is 0 Å². The van der Waals surface area contributed by atoms with Crippen molar-refractivity contribution in [2.24, 2.45) is 0 Å². The maximum atomic E-state index is 12.7. The zero-order chi connectivity index (χ0) is 27.7. The number of benzene rings is 2. The van der Waals surface area contributed by atoms with Gasteiger partial charge in [0.1, 0.15) is 23.4 Å². The highest BCUT2D eigenvalue weighted by molar-refractivity contribution is 5.56. The zero-order valence-electron chi connectivity index (χ0n) is 20.5. The number of nitrogens with zero attached hydrogens (tertiary/aromatic N) is 3. The molecule has 0 fully saturated rings. The van der Waals surface area contributed by atoms with Gasteiger partial charge >= 0.3 is 6.36 Å². The van der Waals surface area contributed by atoms with Gasteiger partial charge in [-0.25, -0.2) is 4.98 Å². The highest BCUT2D eigenvalue weighted by atomic mass is 19.4. The number of aliphatic hydroxyl groups excluding tert-OH is 1. The lowest BCUT2D eigenvalue weighted by molar-refractivity contribution is -0.385. The molecule has 3 atom stereocenters. The summed E-state index contributed by atoms with van der Waals surface area (Å²) in [6.45, 7) is 1.61. The number of aliphatic hydroxyl groups is 1. The molecule has 0 saturated carbocycles. The largest absolute Gasteiger partial charge is 0.573 e. The summed E-state index contributed by atoms with van der Waals surface area (Å²) in [5.74, 6) is 0.253. The first-order valence-corrected chi connectivity index (χ1v) is 11.3. The van der Waals surface area contributed by atoms with Crippen molar-refractivity contribution in [3.8, 4) is 11.5 Å². The number of nitro groups is 1. The number of rotatable bonds is 9. The highest BCUT2D eigenvalue weighted by Gasteiger charge is 2.54. The van der Waals surface area contributed by atoms with E-state index in [2.05, 4.69) is 14.7 Å². The van der Waals surface area contributed by atoms with E-state index in [1.54, 1.807) is 18.0 Å². The monoisotopic (exact) mass is 538 g/mol. The topological polar surface area (TPSA) is 132 Å². The predicted molar refractivity (Wildman–Crippen MR) is 127 cm³/mol. The van der Waals surface area contributed by atoms with Crippen LogP contribution in [-0.4, -0.2) is 58.6 Å². The number of alkyl halides is 3. The van der Waals surface area contributed by atoms with Crippen molar-refractivity contribution in [3.05, 3.63) is 76.4 Å². The second-order valence-corrected chi connectivity index (χ2v) is 8.66. The van der Waals surface area contributed by atoms with Gasteiger partial charge in [-0.15, -0.1) is 13.2 Å². The van der Waals surface area contributed by atoms with Gasteiger partial charge in [0.05, 0.1) is 17.5 Å². The molecule has 11 nitrogen and oxygen atoms in total. The van der Waals surface area contributed by atoms with Gasteiger partial charge in [0.2, 0.25) is 0 Å². The first-order chi connectivity index (χ1) is 18.0. The Labute approximate surface area is 214 Å². The lowest BCUT2D eigenvalue weighted by Crippen LogP contribution is -2.62. The summed E-state index contributed by atoms with van der Waals surface area (Å²) < 4.78 is 59.1. The number of imidazole rings is 1. The van der Waals surface area contributed by atoms with Crippen molar-refractivity contribution < 1.29 is 42.1 Å². The molecule has 1 aliphatic heterocycles. The van der Waals surface area contributed by atoms with Crippen LogP contribution in [0.3, 0.4) is 0 Å². The van der Waals surface area contributed by atoms with Crippen molar-refractivity contribution >= 4 is 11.4 Å². The molecule has 204 valence electrons. The minimum atomic E-state index is -4.87. The van der Waals surface area contributed by atoms with Crippen LogP contribution in [0.5, 0.6) is 11.5 Å². The summed E-state index contributed by atoms with van der Waals surface area (Å²) in [5.41, 5.74) is -1.10. The van der Waals surface area contributed by atoms with Crippen molar-refractivity contribution in [3.63, 3.8) is 0 Å². The number of hydrogen-bond acceptors (Lipinski definition) is 9. The summed E-state index contributed by atoms with van der Waals surface area (Å²) in [5, 5.41) is 23.3. The normalized spacial score (nSPS) is 21.1. The van der Waals surface area contributed by atoms with E-state index in [1.165, 1.54) is 50.7 Å². The molecule has 2 N–H and O–H groups in total. The van der Waals surface area contributed by atoms with Crippen molar-refractivity contribution in [1.29, 1.82) is 0 Å². The minimum Gasteiger partial charge on any atom is -0.479 e. The minimum absolute atomic E-state index is 0.0387. The lowest BCUT2D eigenvalue weighted by atomic mass is 9.83. The lowest BCUT2D eigenvalue weighted by Gasteiger charge is -2.49. The third-order valence-corrected chi connectivity index (χ3v) is 6.25. The molecule has 0 bridgehead atoms. The Morgan fingerprint density at radius 2 is 1.92 bits per heavy atom. The molecule has 1 aliphatic rings. The molecule has 0 spiro atoms. The molecule has 0 saturated heterocycles. The summed E-state index contributed by atoms with van der Waals surface area (Å²) >= 11 is 0. The van der Waals surface area contributed by atoms with Crippen LogP contribution in [-0.2, 0) is 16.0 Å². The average Bonchev–Trinajstić information content (AvgIpc) is 3.37. The van der Waals surface area contributed by atoms with E-state index in [1.807, 2.05) is 0 Å². The standard InChI is InChI=1S/C24H25F3N4O7/c1-23(22(35-2)36-3)21(32)20(17-12-15(31(33)34)6-9-18(17)38-23)30(13-19-28-10-11-29-19)14-4-7-16(8-5-14)37-24(25,26)27/h4-12,20-22,32H,13H2,1-3H3,(H,28,29)/t20-,21+,23-/m1/s1. The van der Waals surface area contributed by atoms with Gasteiger partial charge in [0.25, 0.3) is 5.69 Å². The predicted octanol–water partition coefficient (Wildman–Crippen LogP) is 4.10. The van der Waals surface area contributed by atoms with E-state index in [0.29, 0.717) is 11.5 Å². The Morgan fingerprint density at radius 1 is 1.24 bits per heavy atom. The fraction of sp³-hybridized carbons (Fsp3) is 0.375. The molecule has 0 aliphatic carbocycles. The number of halogens is 3. The maximum absolute atomic E-state index is 12.7. The molecular formula is C24H25F3N4O7. The fourth-order valence-corrected chi connectivity index (χ4v) is 4.58. The number of methoxy groups -OCH3 is 2. The van der Waals surface area contributed by atoms with Crippen LogP contribution in [0.25, 0.3) is 0 Å². The number of non-ortho nitro benzene ring substituents is 1. The third-order valence-electron chi connectivity index (χ3n) is 6.25. The summed E-state index contributed by atoms with van der Waals surface area (Å²) in [7, 11) is 2.74. The number of fused-ring (bicyclic) bond motifs is 1. The molecule has 14 heteroatoms. The van der Waals surface area contributed by atoms with E-state index in [9.17, 15) is 28.4 Å². The Hall–Kier alpha value is -3.88. The van der Waals surface area contributed by atoms with Crippen LogP contribution in [0.15, 0.2) is 54.9 Å². The van der Waals surface area contributed by atoms with E-state index in [4.69, 9.17) is 14.2 Å². The van der Waals surface area contributed by atoms with Gasteiger partial charge < -0.3 is 33.9 Å². The van der Waals surface area contributed by atoms with Gasteiger partial charge in [0, 0.05) is 50.0 Å². The van der Waals surface area contributed by atoms with E-state index < -0.39 is 41.1 Å². The number of nitrogens with one attached hydrogen (secondary N) is 1. The van der Waals surface area contributed by atoms with Crippen LogP contribution in [0.2, 0.25) is 0 Å². The number of hydrogen-bond donors (Lipinski definition) is 2. The van der Waals surface area contributed by atoms with Gasteiger partial charge in [-0.1, -0.05) is 0 Å². The molecule has 2 aromatic carbocycles. The Bertz CT molecular complexity index is 1250. The molecule has 0 amide bonds. The number of ether oxygens (including phenoxy) is 4. The number of aromatic amines is 1. The Morgan fingerprint density at radius 3 is 2.47 bits per heavy atom. The van der Waals surface area contributed by atoms with Gasteiger partial charge in [-0.3, -0.25) is 10.1 Å². The molecule has 3 aromatic rings. The molecule has 4 rings (SSSR count). The zero-order valence-corrected chi connectivity index (χ0v) is 20.5. The van der Waals surface area contributed by atoms with Crippen LogP contribution < -0.4 is 14.4 Å². The van der Waals surface area contributed by atoms with Crippen molar-refractivity contribution in [2.75, 3.05) is 19.1 Å². The molecule has 38 heavy (non-hydrogen) atoms.